The second-order valence-electron chi connectivity index (χ2n) is 11.2. The number of hydrogen-bond acceptors (Lipinski definition) is 4. The highest BCUT2D eigenvalue weighted by Crippen LogP contribution is 2.24. The fourth-order valence-electron chi connectivity index (χ4n) is 5.38. The minimum absolute atomic E-state index is 0.0131. The van der Waals surface area contributed by atoms with Crippen molar-refractivity contribution >= 4 is 27.5 Å². The van der Waals surface area contributed by atoms with Gasteiger partial charge in [0.15, 0.2) is 0 Å². The predicted octanol–water partition coefficient (Wildman–Crippen LogP) is 5.30. The summed E-state index contributed by atoms with van der Waals surface area (Å²) in [6, 6.07) is 19.6. The van der Waals surface area contributed by atoms with E-state index in [1.165, 1.54) is 17.0 Å². The molecule has 3 aromatic rings. The topological polar surface area (TPSA) is 86.8 Å². The van der Waals surface area contributed by atoms with E-state index < -0.39 is 34.3 Å². The van der Waals surface area contributed by atoms with Gasteiger partial charge in [-0.15, -0.1) is 0 Å². The number of hydrogen-bond donors (Lipinski definition) is 1. The summed E-state index contributed by atoms with van der Waals surface area (Å²) >= 11 is 0. The van der Waals surface area contributed by atoms with E-state index in [4.69, 9.17) is 0 Å². The molecule has 9 heteroatoms. The van der Waals surface area contributed by atoms with Crippen LogP contribution in [0.5, 0.6) is 0 Å². The average Bonchev–Trinajstić information content (AvgIpc) is 2.96. The zero-order valence-corrected chi connectivity index (χ0v) is 25.4. The number of nitrogens with zero attached hydrogens (tertiary/aromatic N) is 2. The predicted molar refractivity (Wildman–Crippen MR) is 164 cm³/mol. The zero-order chi connectivity index (χ0) is 30.3. The van der Waals surface area contributed by atoms with Gasteiger partial charge in [0.05, 0.1) is 11.9 Å². The van der Waals surface area contributed by atoms with Crippen LogP contribution in [0.1, 0.15) is 54.4 Å². The summed E-state index contributed by atoms with van der Waals surface area (Å²) in [4.78, 5) is 29.6. The van der Waals surface area contributed by atoms with Gasteiger partial charge in [-0.3, -0.25) is 13.9 Å². The molecule has 0 aromatic heterocycles. The highest BCUT2D eigenvalue weighted by molar-refractivity contribution is 7.92. The first kappa shape index (κ1) is 31.2. The van der Waals surface area contributed by atoms with Crippen molar-refractivity contribution in [2.75, 3.05) is 17.1 Å². The van der Waals surface area contributed by atoms with Crippen LogP contribution >= 0.6 is 0 Å². The van der Waals surface area contributed by atoms with E-state index in [1.54, 1.807) is 24.3 Å². The Morgan fingerprint density at radius 1 is 0.905 bits per heavy atom. The molecule has 3 aromatic carbocycles. The van der Waals surface area contributed by atoms with Crippen LogP contribution in [0.2, 0.25) is 0 Å². The second kappa shape index (κ2) is 14.0. The van der Waals surface area contributed by atoms with Crippen molar-refractivity contribution in [3.8, 4) is 0 Å². The van der Waals surface area contributed by atoms with Crippen molar-refractivity contribution in [3.63, 3.8) is 0 Å². The van der Waals surface area contributed by atoms with Gasteiger partial charge in [-0.05, 0) is 73.2 Å². The van der Waals surface area contributed by atoms with Crippen LogP contribution in [-0.4, -0.2) is 50.0 Å². The van der Waals surface area contributed by atoms with Crippen LogP contribution < -0.4 is 9.62 Å². The number of aryl methyl sites for hydroxylation is 2. The molecule has 1 saturated carbocycles. The number of carbonyl (C=O) groups excluding carboxylic acids is 2. The molecule has 1 atom stereocenters. The number of amides is 2. The molecular weight excluding hydrogens is 553 g/mol. The Morgan fingerprint density at radius 3 is 2.19 bits per heavy atom. The minimum atomic E-state index is -3.85. The summed E-state index contributed by atoms with van der Waals surface area (Å²) in [7, 11) is -3.85. The van der Waals surface area contributed by atoms with E-state index in [0.717, 1.165) is 59.4 Å². The van der Waals surface area contributed by atoms with Crippen molar-refractivity contribution in [1.82, 2.24) is 10.2 Å². The van der Waals surface area contributed by atoms with Gasteiger partial charge in [0.2, 0.25) is 21.8 Å². The minimum Gasteiger partial charge on any atom is -0.352 e. The Balaban J connectivity index is 1.72. The molecule has 1 aliphatic rings. The van der Waals surface area contributed by atoms with Crippen LogP contribution in [0.3, 0.4) is 0 Å². The van der Waals surface area contributed by atoms with Gasteiger partial charge in [-0.25, -0.2) is 12.8 Å². The summed E-state index contributed by atoms with van der Waals surface area (Å²) in [5.74, 6) is -1.22. The number of halogens is 1. The Hall–Kier alpha value is -3.72. The Labute approximate surface area is 248 Å². The van der Waals surface area contributed by atoms with E-state index in [-0.39, 0.29) is 24.9 Å². The molecule has 0 unspecified atom stereocenters. The van der Waals surface area contributed by atoms with Crippen molar-refractivity contribution in [2.45, 2.75) is 71.0 Å². The van der Waals surface area contributed by atoms with Gasteiger partial charge in [0.1, 0.15) is 18.4 Å². The fourth-order valence-corrected chi connectivity index (χ4v) is 6.22. The Bertz CT molecular complexity index is 1470. The van der Waals surface area contributed by atoms with Crippen LogP contribution in [0.15, 0.2) is 72.8 Å². The third-order valence-corrected chi connectivity index (χ3v) is 9.09. The quantitative estimate of drug-likeness (QED) is 0.327. The van der Waals surface area contributed by atoms with Gasteiger partial charge in [0, 0.05) is 19.0 Å². The van der Waals surface area contributed by atoms with Crippen LogP contribution in [0, 0.1) is 19.7 Å². The van der Waals surface area contributed by atoms with E-state index in [2.05, 4.69) is 5.32 Å². The standard InChI is InChI=1S/C33H40FN3O4S/c1-24-14-19-30(20-25(24)2)37(42(3,40)41)23-32(38)36(22-27-15-17-28(34)18-16-27)31(21-26-10-6-4-7-11-26)33(39)35-29-12-8-5-9-13-29/h4,6-7,10-11,14-20,29,31H,5,8-9,12-13,21-23H2,1-3H3,(H,35,39)/t31-/m0/s1. The van der Waals surface area contributed by atoms with Crippen LogP contribution in [0.4, 0.5) is 10.1 Å². The molecule has 42 heavy (non-hydrogen) atoms. The maximum absolute atomic E-state index is 14.2. The van der Waals surface area contributed by atoms with Crippen molar-refractivity contribution in [3.05, 3.63) is 101 Å². The lowest BCUT2D eigenvalue weighted by molar-refractivity contribution is -0.140. The average molecular weight is 594 g/mol. The number of carbonyl (C=O) groups is 2. The number of benzene rings is 3. The van der Waals surface area contributed by atoms with E-state index in [1.807, 2.05) is 50.2 Å². The molecule has 1 N–H and O–H groups in total. The van der Waals surface area contributed by atoms with Crippen molar-refractivity contribution in [2.24, 2.45) is 0 Å². The third kappa shape index (κ3) is 8.41. The highest BCUT2D eigenvalue weighted by Gasteiger charge is 2.34. The molecule has 7 nitrogen and oxygen atoms in total. The van der Waals surface area contributed by atoms with Crippen LogP contribution in [-0.2, 0) is 32.6 Å². The molecule has 0 saturated heterocycles. The number of anilines is 1. The van der Waals surface area contributed by atoms with Crippen LogP contribution in [0.25, 0.3) is 0 Å². The number of sulfonamides is 1. The normalized spacial score (nSPS) is 14.7. The van der Waals surface area contributed by atoms with E-state index >= 15 is 0 Å². The first-order valence-electron chi connectivity index (χ1n) is 14.4. The molecule has 2 amide bonds. The van der Waals surface area contributed by atoms with Gasteiger partial charge < -0.3 is 10.2 Å². The summed E-state index contributed by atoms with van der Waals surface area (Å²) in [5, 5.41) is 3.17. The van der Waals surface area contributed by atoms with Gasteiger partial charge >= 0.3 is 0 Å². The fraction of sp³-hybridized carbons (Fsp3) is 0.394. The largest absolute Gasteiger partial charge is 0.352 e. The molecule has 4 rings (SSSR count). The van der Waals surface area contributed by atoms with Gasteiger partial charge in [0.25, 0.3) is 0 Å². The number of nitrogens with one attached hydrogen (secondary N) is 1. The summed E-state index contributed by atoms with van der Waals surface area (Å²) in [6.45, 7) is 3.34. The molecule has 0 aliphatic heterocycles. The molecule has 224 valence electrons. The monoisotopic (exact) mass is 593 g/mol. The van der Waals surface area contributed by atoms with Gasteiger partial charge in [-0.1, -0.05) is 67.8 Å². The second-order valence-corrected chi connectivity index (χ2v) is 13.1. The molecule has 1 fully saturated rings. The molecule has 0 radical (unpaired) electrons. The SMILES string of the molecule is Cc1ccc(N(CC(=O)N(Cc2ccc(F)cc2)[C@@H](Cc2ccccc2)C(=O)NC2CCCCC2)S(C)(=O)=O)cc1C. The lowest BCUT2D eigenvalue weighted by Crippen LogP contribution is -2.55. The lowest BCUT2D eigenvalue weighted by Gasteiger charge is -2.35. The molecule has 0 heterocycles. The molecule has 0 spiro atoms. The summed E-state index contributed by atoms with van der Waals surface area (Å²) in [5.41, 5.74) is 3.77. The maximum atomic E-state index is 14.2. The van der Waals surface area contributed by atoms with E-state index in [9.17, 15) is 22.4 Å². The first-order chi connectivity index (χ1) is 20.0. The third-order valence-electron chi connectivity index (χ3n) is 7.95. The maximum Gasteiger partial charge on any atom is 0.244 e. The smallest absolute Gasteiger partial charge is 0.244 e. The zero-order valence-electron chi connectivity index (χ0n) is 24.6. The summed E-state index contributed by atoms with van der Waals surface area (Å²) in [6.07, 6.45) is 6.27. The highest BCUT2D eigenvalue weighted by atomic mass is 32.2. The first-order valence-corrected chi connectivity index (χ1v) is 16.3. The summed E-state index contributed by atoms with van der Waals surface area (Å²) < 4.78 is 40.8. The van der Waals surface area contributed by atoms with Crippen molar-refractivity contribution < 1.29 is 22.4 Å². The Kier molecular flexibility index (Phi) is 10.4. The molecule has 1 aliphatic carbocycles. The lowest BCUT2D eigenvalue weighted by atomic mass is 9.94. The van der Waals surface area contributed by atoms with E-state index in [0.29, 0.717) is 11.3 Å². The molecule has 0 bridgehead atoms. The van der Waals surface area contributed by atoms with Crippen molar-refractivity contribution in [1.29, 1.82) is 0 Å². The molecular formula is C33H40FN3O4S. The number of rotatable bonds is 11. The Morgan fingerprint density at radius 2 is 1.57 bits per heavy atom. The van der Waals surface area contributed by atoms with Gasteiger partial charge in [-0.2, -0.15) is 0 Å².